The molecule has 0 bridgehead atoms. The van der Waals surface area contributed by atoms with Gasteiger partial charge in [-0.1, -0.05) is 6.92 Å². The molecule has 2 aliphatic carbocycles. The summed E-state index contributed by atoms with van der Waals surface area (Å²) in [7, 11) is 0. The lowest BCUT2D eigenvalue weighted by molar-refractivity contribution is -0.138. The Bertz CT molecular complexity index is 1270. The van der Waals surface area contributed by atoms with Crippen molar-refractivity contribution in [2.75, 3.05) is 26.2 Å². The predicted octanol–water partition coefficient (Wildman–Crippen LogP) is 3.65. The molecule has 0 aromatic heterocycles. The van der Waals surface area contributed by atoms with Crippen molar-refractivity contribution in [3.8, 4) is 5.75 Å². The van der Waals surface area contributed by atoms with Crippen LogP contribution in [0.4, 0.5) is 8.78 Å². The van der Waals surface area contributed by atoms with Gasteiger partial charge < -0.3 is 19.9 Å². The van der Waals surface area contributed by atoms with Crippen LogP contribution in [0.1, 0.15) is 87.1 Å². The highest BCUT2D eigenvalue weighted by atomic mass is 19.3. The van der Waals surface area contributed by atoms with E-state index in [9.17, 15) is 28.0 Å². The Hall–Kier alpha value is -3.08. The number of benzene rings is 1. The van der Waals surface area contributed by atoms with Gasteiger partial charge in [-0.25, -0.2) is 8.78 Å². The van der Waals surface area contributed by atoms with Gasteiger partial charge >= 0.3 is 0 Å². The Labute approximate surface area is 251 Å². The van der Waals surface area contributed by atoms with E-state index in [-0.39, 0.29) is 43.0 Å². The van der Waals surface area contributed by atoms with Crippen LogP contribution < -0.4 is 15.4 Å². The largest absolute Gasteiger partial charge is 0.490 e. The van der Waals surface area contributed by atoms with Gasteiger partial charge in [0.2, 0.25) is 17.7 Å². The van der Waals surface area contributed by atoms with Crippen molar-refractivity contribution >= 4 is 23.6 Å². The molecule has 43 heavy (non-hydrogen) atoms. The maximum Gasteiger partial charge on any atom is 0.255 e. The molecule has 1 aromatic carbocycles. The number of hydrogen-bond donors (Lipinski definition) is 2. The second kappa shape index (κ2) is 11.8. The third kappa shape index (κ3) is 6.56. The lowest BCUT2D eigenvalue weighted by Gasteiger charge is -2.41. The van der Waals surface area contributed by atoms with Crippen molar-refractivity contribution in [2.45, 2.75) is 95.7 Å². The molecule has 4 heterocycles. The number of carbonyl (C=O) groups is 4. The molecular weight excluding hydrogens is 558 g/mol. The van der Waals surface area contributed by atoms with Crippen LogP contribution in [0.5, 0.6) is 5.75 Å². The van der Waals surface area contributed by atoms with Gasteiger partial charge in [0.15, 0.2) is 0 Å². The Morgan fingerprint density at radius 3 is 2.37 bits per heavy atom. The van der Waals surface area contributed by atoms with Crippen molar-refractivity contribution < 1.29 is 32.7 Å². The van der Waals surface area contributed by atoms with Gasteiger partial charge in [0, 0.05) is 49.9 Å². The first kappa shape index (κ1) is 30.0. The summed E-state index contributed by atoms with van der Waals surface area (Å²) in [6, 6.07) is 4.23. The first-order valence-corrected chi connectivity index (χ1v) is 15.8. The Morgan fingerprint density at radius 1 is 1.00 bits per heavy atom. The molecule has 4 aliphatic heterocycles. The van der Waals surface area contributed by atoms with E-state index < -0.39 is 24.0 Å². The van der Waals surface area contributed by atoms with E-state index in [4.69, 9.17) is 4.74 Å². The number of alkyl halides is 2. The Kier molecular flexibility index (Phi) is 8.21. The van der Waals surface area contributed by atoms with Crippen LogP contribution in [0, 0.1) is 17.3 Å². The van der Waals surface area contributed by atoms with Gasteiger partial charge in [0.25, 0.3) is 11.8 Å². The number of hydrogen-bond acceptors (Lipinski definition) is 6. The molecule has 0 radical (unpaired) electrons. The van der Waals surface area contributed by atoms with E-state index >= 15 is 0 Å². The van der Waals surface area contributed by atoms with E-state index in [1.807, 2.05) is 0 Å². The first-order chi connectivity index (χ1) is 20.5. The van der Waals surface area contributed by atoms with Crippen LogP contribution >= 0.6 is 0 Å². The second-order valence-corrected chi connectivity index (χ2v) is 13.5. The zero-order valence-electron chi connectivity index (χ0n) is 24.8. The third-order valence-corrected chi connectivity index (χ3v) is 10.2. The molecule has 6 aliphatic rings. The number of fused-ring (bicyclic) bond motifs is 1. The van der Waals surface area contributed by atoms with Crippen LogP contribution in [0.3, 0.4) is 0 Å². The number of piperidine rings is 2. The third-order valence-electron chi connectivity index (χ3n) is 10.2. The van der Waals surface area contributed by atoms with E-state index in [2.05, 4.69) is 22.5 Å². The number of ether oxygens (including phenoxy) is 1. The van der Waals surface area contributed by atoms with Crippen LogP contribution in [0.2, 0.25) is 0 Å². The van der Waals surface area contributed by atoms with Crippen molar-refractivity contribution in [3.63, 3.8) is 0 Å². The van der Waals surface area contributed by atoms with Crippen LogP contribution in [-0.4, -0.2) is 77.7 Å². The average Bonchev–Trinajstić information content (AvgIpc) is 3.61. The zero-order valence-corrected chi connectivity index (χ0v) is 24.8. The summed E-state index contributed by atoms with van der Waals surface area (Å²) in [6.07, 6.45) is 5.22. The highest BCUT2D eigenvalue weighted by Crippen LogP contribution is 2.47. The van der Waals surface area contributed by atoms with E-state index in [0.29, 0.717) is 42.0 Å². The fourth-order valence-electron chi connectivity index (χ4n) is 7.04. The number of likely N-dealkylation sites (tertiary alicyclic amines) is 1. The number of imide groups is 1. The SMILES string of the molecule is CC1(C(=O)N2CCC(C3CNC3)CC2)CC1.O=C1CCC(N2Cc3cc(OC4CCCC(F)(F)C4)ccc3C2=O)C(=O)N1. The highest BCUT2D eigenvalue weighted by Gasteiger charge is 2.48. The lowest BCUT2D eigenvalue weighted by atomic mass is 9.80. The Morgan fingerprint density at radius 2 is 1.74 bits per heavy atom. The summed E-state index contributed by atoms with van der Waals surface area (Å²) in [6.45, 7) is 6.79. The predicted molar refractivity (Wildman–Crippen MR) is 153 cm³/mol. The van der Waals surface area contributed by atoms with Gasteiger partial charge in [-0.2, -0.15) is 0 Å². The summed E-state index contributed by atoms with van der Waals surface area (Å²) in [4.78, 5) is 51.7. The van der Waals surface area contributed by atoms with E-state index in [0.717, 1.165) is 37.8 Å². The fraction of sp³-hybridized carbons (Fsp3) is 0.688. The monoisotopic (exact) mass is 600 g/mol. The Balaban J connectivity index is 0.000000174. The average molecular weight is 601 g/mol. The molecule has 2 unspecified atom stereocenters. The van der Waals surface area contributed by atoms with Gasteiger partial charge in [-0.3, -0.25) is 24.5 Å². The van der Waals surface area contributed by atoms with Crippen molar-refractivity contribution in [3.05, 3.63) is 29.3 Å². The summed E-state index contributed by atoms with van der Waals surface area (Å²) in [5.74, 6) is -1.11. The number of carbonyl (C=O) groups excluding carboxylic acids is 4. The fourth-order valence-corrected chi connectivity index (χ4v) is 7.04. The van der Waals surface area contributed by atoms with Crippen LogP contribution in [0.25, 0.3) is 0 Å². The number of nitrogens with one attached hydrogen (secondary N) is 2. The number of rotatable bonds is 5. The summed E-state index contributed by atoms with van der Waals surface area (Å²) in [5.41, 5.74) is 1.20. The molecule has 5 fully saturated rings. The van der Waals surface area contributed by atoms with Crippen molar-refractivity contribution in [2.24, 2.45) is 17.3 Å². The summed E-state index contributed by atoms with van der Waals surface area (Å²) < 4.78 is 32.8. The number of amides is 4. The van der Waals surface area contributed by atoms with Gasteiger partial charge in [0.05, 0.1) is 0 Å². The normalized spacial score (nSPS) is 28.3. The minimum atomic E-state index is -2.70. The standard InChI is InChI=1S/C19H20F2N2O4.C13H22N2O/c20-19(21)7-1-2-13(9-19)27-12-3-4-14-11(8-12)10-23(18(14)26)15-5-6-16(24)22-17(15)25;1-13(4-5-13)12(16)15-6-2-10(3-7-15)11-8-14-9-11/h3-4,8,13,15H,1-2,5-7,9-10H2,(H,22,24,25);10-11,14H,2-9H2,1H3. The summed E-state index contributed by atoms with van der Waals surface area (Å²) >= 11 is 0. The molecule has 11 heteroatoms. The van der Waals surface area contributed by atoms with Crippen LogP contribution in [-0.2, 0) is 20.9 Å². The summed E-state index contributed by atoms with van der Waals surface area (Å²) in [5, 5.41) is 5.61. The number of nitrogens with zero attached hydrogens (tertiary/aromatic N) is 2. The topological polar surface area (TPSA) is 108 Å². The molecule has 3 saturated heterocycles. The number of halogens is 2. The molecule has 1 aromatic rings. The molecule has 234 valence electrons. The maximum atomic E-state index is 13.6. The molecule has 2 atom stereocenters. The highest BCUT2D eigenvalue weighted by molar-refractivity contribution is 6.05. The first-order valence-electron chi connectivity index (χ1n) is 15.8. The van der Waals surface area contributed by atoms with E-state index in [1.165, 1.54) is 30.8 Å². The van der Waals surface area contributed by atoms with Crippen molar-refractivity contribution in [1.29, 1.82) is 0 Å². The van der Waals surface area contributed by atoms with E-state index in [1.54, 1.807) is 18.2 Å². The van der Waals surface area contributed by atoms with Crippen LogP contribution in [0.15, 0.2) is 18.2 Å². The molecule has 2 N–H and O–H groups in total. The molecular formula is C32H42F2N4O5. The zero-order chi connectivity index (χ0) is 30.4. The van der Waals surface area contributed by atoms with Gasteiger partial charge in [0.1, 0.15) is 17.9 Å². The second-order valence-electron chi connectivity index (χ2n) is 13.5. The molecule has 9 nitrogen and oxygen atoms in total. The van der Waals surface area contributed by atoms with Gasteiger partial charge in [-0.05, 0) is 93.6 Å². The molecule has 0 spiro atoms. The molecule has 7 rings (SSSR count). The van der Waals surface area contributed by atoms with Gasteiger partial charge in [-0.15, -0.1) is 0 Å². The quantitative estimate of drug-likeness (QED) is 0.500. The lowest BCUT2D eigenvalue weighted by Crippen LogP contribution is -2.52. The smallest absolute Gasteiger partial charge is 0.255 e. The molecule has 4 amide bonds. The van der Waals surface area contributed by atoms with Crippen molar-refractivity contribution in [1.82, 2.24) is 20.4 Å². The minimum absolute atomic E-state index is 0.0326. The molecule has 2 saturated carbocycles. The minimum Gasteiger partial charge on any atom is -0.490 e. The maximum absolute atomic E-state index is 13.6.